The smallest absolute Gasteiger partial charge is 0.164 e. The Morgan fingerprint density at radius 1 is 0.967 bits per heavy atom. The highest BCUT2D eigenvalue weighted by Gasteiger charge is 2.43. The molecular weight excluding hydrogens is 384 g/mol. The normalized spacial score (nSPS) is 19.2. The van der Waals surface area contributed by atoms with E-state index in [1.165, 1.54) is 18.2 Å². The summed E-state index contributed by atoms with van der Waals surface area (Å²) in [5, 5.41) is 8.96. The lowest BCUT2D eigenvalue weighted by molar-refractivity contribution is 0.0490. The molecule has 2 aromatic carbocycles. The minimum absolute atomic E-state index is 0.0893. The van der Waals surface area contributed by atoms with Gasteiger partial charge < -0.3 is 4.57 Å². The summed E-state index contributed by atoms with van der Waals surface area (Å²) in [5.74, 6) is 1.34. The van der Waals surface area contributed by atoms with Gasteiger partial charge in [0.25, 0.3) is 0 Å². The number of hydrogen-bond donors (Lipinski definition) is 0. The topological polar surface area (TPSA) is 37.2 Å². The molecule has 1 spiro atoms. The van der Waals surface area contributed by atoms with Crippen LogP contribution in [0.5, 0.6) is 0 Å². The standard InChI is InChI=1S/C23H25F2N5/c1-28-15-21-26-27-22(18-5-7-19(24)8-6-18)30(21)23(16-28)9-11-29(12-10-23)14-17-3-2-4-20(25)13-17/h2-8,13H,9-12,14-16H2,1H3. The Morgan fingerprint density at radius 2 is 1.73 bits per heavy atom. The molecule has 0 unspecified atom stereocenters. The molecule has 0 radical (unpaired) electrons. The molecule has 0 bridgehead atoms. The van der Waals surface area contributed by atoms with E-state index in [-0.39, 0.29) is 17.2 Å². The number of rotatable bonds is 3. The molecule has 5 rings (SSSR count). The number of halogens is 2. The molecular formula is C23H25F2N5. The maximum Gasteiger partial charge on any atom is 0.164 e. The third-order valence-corrected chi connectivity index (χ3v) is 6.36. The lowest BCUT2D eigenvalue weighted by atomic mass is 9.84. The zero-order valence-electron chi connectivity index (χ0n) is 17.1. The summed E-state index contributed by atoms with van der Waals surface area (Å²) in [4.78, 5) is 4.69. The molecule has 3 heterocycles. The molecule has 0 aliphatic carbocycles. The molecule has 0 N–H and O–H groups in total. The van der Waals surface area contributed by atoms with Crippen molar-refractivity contribution in [1.29, 1.82) is 0 Å². The second-order valence-electron chi connectivity index (χ2n) is 8.58. The zero-order chi connectivity index (χ0) is 20.7. The summed E-state index contributed by atoms with van der Waals surface area (Å²) in [5.41, 5.74) is 1.80. The first-order valence-corrected chi connectivity index (χ1v) is 10.4. The summed E-state index contributed by atoms with van der Waals surface area (Å²) >= 11 is 0. The van der Waals surface area contributed by atoms with Crippen molar-refractivity contribution in [3.8, 4) is 11.4 Å². The summed E-state index contributed by atoms with van der Waals surface area (Å²) in [6, 6.07) is 13.3. The van der Waals surface area contributed by atoms with Crippen LogP contribution in [0, 0.1) is 11.6 Å². The third-order valence-electron chi connectivity index (χ3n) is 6.36. The average Bonchev–Trinajstić information content (AvgIpc) is 3.15. The number of likely N-dealkylation sites (N-methyl/N-ethyl adjacent to an activating group) is 1. The van der Waals surface area contributed by atoms with Crippen LogP contribution in [0.4, 0.5) is 8.78 Å². The molecule has 156 valence electrons. The van der Waals surface area contributed by atoms with Gasteiger partial charge in [0.1, 0.15) is 17.5 Å². The first kappa shape index (κ1) is 19.3. The Hall–Kier alpha value is -2.64. The van der Waals surface area contributed by atoms with Gasteiger partial charge in [-0.25, -0.2) is 8.78 Å². The van der Waals surface area contributed by atoms with E-state index in [2.05, 4.69) is 31.6 Å². The van der Waals surface area contributed by atoms with Gasteiger partial charge in [0.05, 0.1) is 12.1 Å². The maximum absolute atomic E-state index is 13.5. The van der Waals surface area contributed by atoms with E-state index in [0.29, 0.717) is 0 Å². The van der Waals surface area contributed by atoms with E-state index in [1.54, 1.807) is 24.3 Å². The number of aromatic nitrogens is 3. The predicted molar refractivity (Wildman–Crippen MR) is 111 cm³/mol. The molecule has 1 aromatic heterocycles. The summed E-state index contributed by atoms with van der Waals surface area (Å²) in [6.45, 7) is 4.28. The van der Waals surface area contributed by atoms with Crippen LogP contribution in [-0.4, -0.2) is 51.2 Å². The second kappa shape index (κ2) is 7.56. The van der Waals surface area contributed by atoms with Gasteiger partial charge in [-0.3, -0.25) is 9.80 Å². The largest absolute Gasteiger partial charge is 0.302 e. The Bertz CT molecular complexity index is 1040. The number of piperidine rings is 1. The molecule has 5 nitrogen and oxygen atoms in total. The zero-order valence-corrected chi connectivity index (χ0v) is 17.1. The van der Waals surface area contributed by atoms with E-state index in [4.69, 9.17) is 0 Å². The minimum atomic E-state index is -0.253. The first-order chi connectivity index (χ1) is 14.5. The van der Waals surface area contributed by atoms with Crippen LogP contribution in [0.3, 0.4) is 0 Å². The first-order valence-electron chi connectivity index (χ1n) is 10.4. The fourth-order valence-corrected chi connectivity index (χ4v) is 4.98. The van der Waals surface area contributed by atoms with E-state index in [1.807, 2.05) is 6.07 Å². The SMILES string of the molecule is CN1Cc2nnc(-c3ccc(F)cc3)n2C2(CCN(Cc3cccc(F)c3)CC2)C1. The lowest BCUT2D eigenvalue weighted by Crippen LogP contribution is -2.55. The number of fused-ring (bicyclic) bond motifs is 2. The quantitative estimate of drug-likeness (QED) is 0.662. The van der Waals surface area contributed by atoms with Crippen molar-refractivity contribution in [3.05, 3.63) is 71.6 Å². The van der Waals surface area contributed by atoms with E-state index in [9.17, 15) is 8.78 Å². The number of nitrogens with zero attached hydrogens (tertiary/aromatic N) is 5. The summed E-state index contributed by atoms with van der Waals surface area (Å²) < 4.78 is 29.3. The van der Waals surface area contributed by atoms with Crippen LogP contribution >= 0.6 is 0 Å². The van der Waals surface area contributed by atoms with Crippen molar-refractivity contribution in [3.63, 3.8) is 0 Å². The van der Waals surface area contributed by atoms with Gasteiger partial charge in [-0.2, -0.15) is 0 Å². The molecule has 1 saturated heterocycles. The molecule has 0 atom stereocenters. The Labute approximate surface area is 174 Å². The van der Waals surface area contributed by atoms with Crippen LogP contribution in [0.2, 0.25) is 0 Å². The third kappa shape index (κ3) is 3.52. The van der Waals surface area contributed by atoms with Gasteiger partial charge >= 0.3 is 0 Å². The van der Waals surface area contributed by atoms with Gasteiger partial charge in [0, 0.05) is 31.7 Å². The number of hydrogen-bond acceptors (Lipinski definition) is 4. The molecule has 30 heavy (non-hydrogen) atoms. The molecule has 1 fully saturated rings. The highest BCUT2D eigenvalue weighted by molar-refractivity contribution is 5.56. The van der Waals surface area contributed by atoms with Crippen molar-refractivity contribution < 1.29 is 8.78 Å². The summed E-state index contributed by atoms with van der Waals surface area (Å²) in [6.07, 6.45) is 1.93. The van der Waals surface area contributed by atoms with E-state index >= 15 is 0 Å². The van der Waals surface area contributed by atoms with Crippen molar-refractivity contribution in [2.75, 3.05) is 26.7 Å². The minimum Gasteiger partial charge on any atom is -0.302 e. The van der Waals surface area contributed by atoms with Gasteiger partial charge in [-0.1, -0.05) is 12.1 Å². The predicted octanol–water partition coefficient (Wildman–Crippen LogP) is 3.66. The highest BCUT2D eigenvalue weighted by atomic mass is 19.1. The van der Waals surface area contributed by atoms with E-state index < -0.39 is 0 Å². The Kier molecular flexibility index (Phi) is 4.87. The van der Waals surface area contributed by atoms with E-state index in [0.717, 1.165) is 68.3 Å². The Morgan fingerprint density at radius 3 is 2.47 bits per heavy atom. The Balaban J connectivity index is 1.42. The number of likely N-dealkylation sites (tertiary alicyclic amines) is 1. The van der Waals surface area contributed by atoms with Crippen molar-refractivity contribution >= 4 is 0 Å². The fraction of sp³-hybridized carbons (Fsp3) is 0.391. The highest BCUT2D eigenvalue weighted by Crippen LogP contribution is 2.39. The second-order valence-corrected chi connectivity index (χ2v) is 8.58. The van der Waals surface area contributed by atoms with Crippen LogP contribution in [0.25, 0.3) is 11.4 Å². The van der Waals surface area contributed by atoms with Crippen molar-refractivity contribution in [2.45, 2.75) is 31.5 Å². The van der Waals surface area contributed by atoms with Crippen LogP contribution in [0.1, 0.15) is 24.2 Å². The van der Waals surface area contributed by atoms with Gasteiger partial charge in [0.2, 0.25) is 0 Å². The van der Waals surface area contributed by atoms with Gasteiger partial charge in [-0.15, -0.1) is 10.2 Å². The molecule has 3 aromatic rings. The van der Waals surface area contributed by atoms with Gasteiger partial charge in [-0.05, 0) is 61.9 Å². The monoisotopic (exact) mass is 409 g/mol. The molecule has 7 heteroatoms. The van der Waals surface area contributed by atoms with Crippen LogP contribution in [0.15, 0.2) is 48.5 Å². The van der Waals surface area contributed by atoms with Crippen molar-refractivity contribution in [1.82, 2.24) is 24.6 Å². The fourth-order valence-electron chi connectivity index (χ4n) is 4.98. The molecule has 0 amide bonds. The molecule has 2 aliphatic heterocycles. The summed E-state index contributed by atoms with van der Waals surface area (Å²) in [7, 11) is 2.12. The number of benzene rings is 2. The van der Waals surface area contributed by atoms with Crippen LogP contribution in [-0.2, 0) is 18.6 Å². The van der Waals surface area contributed by atoms with Gasteiger partial charge in [0.15, 0.2) is 5.82 Å². The molecule has 2 aliphatic rings. The van der Waals surface area contributed by atoms with Crippen molar-refractivity contribution in [2.24, 2.45) is 0 Å². The maximum atomic E-state index is 13.5. The lowest BCUT2D eigenvalue weighted by Gasteiger charge is -2.48. The van der Waals surface area contributed by atoms with Crippen LogP contribution < -0.4 is 0 Å². The molecule has 0 saturated carbocycles. The average molecular weight is 409 g/mol.